The summed E-state index contributed by atoms with van der Waals surface area (Å²) >= 11 is 0. The molecule has 4 rings (SSSR count). The van der Waals surface area contributed by atoms with Gasteiger partial charge in [0.2, 0.25) is 0 Å². The van der Waals surface area contributed by atoms with Crippen molar-refractivity contribution < 1.29 is 23.8 Å². The lowest BCUT2D eigenvalue weighted by Gasteiger charge is -2.27. The molecule has 1 heterocycles. The Bertz CT molecular complexity index is 890. The number of amides is 1. The molecule has 158 valence electrons. The largest absolute Gasteiger partial charge is 0.486 e. The third kappa shape index (κ3) is 4.42. The van der Waals surface area contributed by atoms with Crippen molar-refractivity contribution in [1.82, 2.24) is 5.32 Å². The molecule has 2 aromatic rings. The van der Waals surface area contributed by atoms with E-state index in [2.05, 4.69) is 5.32 Å². The Kier molecular flexibility index (Phi) is 6.21. The Balaban J connectivity index is 1.26. The number of hydrogen-bond donors (Lipinski definition) is 1. The topological polar surface area (TPSA) is 73.9 Å². The zero-order valence-corrected chi connectivity index (χ0v) is 17.0. The van der Waals surface area contributed by atoms with Crippen LogP contribution in [0.3, 0.4) is 0 Å². The lowest BCUT2D eigenvalue weighted by atomic mass is 9.79. The standard InChI is InChI=1S/C24H27NO5/c26-22(25-13-10-18-8-9-20-21(16-18)29-15-14-28-20)17-30-23(27)24(11-4-5-12-24)19-6-2-1-3-7-19/h1-3,6-9,16H,4-5,10-15,17H2,(H,25,26). The number of rotatable bonds is 7. The van der Waals surface area contributed by atoms with Crippen LogP contribution in [0.2, 0.25) is 0 Å². The van der Waals surface area contributed by atoms with Crippen LogP contribution in [0.4, 0.5) is 0 Å². The summed E-state index contributed by atoms with van der Waals surface area (Å²) in [4.78, 5) is 25.1. The second-order valence-electron chi connectivity index (χ2n) is 7.81. The van der Waals surface area contributed by atoms with Crippen molar-refractivity contribution >= 4 is 11.9 Å². The van der Waals surface area contributed by atoms with E-state index < -0.39 is 5.41 Å². The second kappa shape index (κ2) is 9.20. The number of ether oxygens (including phenoxy) is 3. The zero-order chi connectivity index (χ0) is 20.8. The van der Waals surface area contributed by atoms with E-state index in [4.69, 9.17) is 14.2 Å². The molecule has 1 fully saturated rings. The maximum Gasteiger partial charge on any atom is 0.317 e. The Morgan fingerprint density at radius 2 is 1.70 bits per heavy atom. The zero-order valence-electron chi connectivity index (χ0n) is 17.0. The molecule has 0 radical (unpaired) electrons. The first-order chi connectivity index (χ1) is 14.7. The fourth-order valence-electron chi connectivity index (χ4n) is 4.26. The average molecular weight is 409 g/mol. The summed E-state index contributed by atoms with van der Waals surface area (Å²) < 4.78 is 16.5. The molecule has 1 saturated carbocycles. The first-order valence-electron chi connectivity index (χ1n) is 10.6. The number of carbonyl (C=O) groups is 2. The summed E-state index contributed by atoms with van der Waals surface area (Å²) in [5.41, 5.74) is 1.41. The highest BCUT2D eigenvalue weighted by molar-refractivity contribution is 5.86. The van der Waals surface area contributed by atoms with E-state index in [1.807, 2.05) is 48.5 Å². The number of esters is 1. The maximum absolute atomic E-state index is 12.9. The molecule has 0 spiro atoms. The number of hydrogen-bond acceptors (Lipinski definition) is 5. The van der Waals surface area contributed by atoms with E-state index in [1.54, 1.807) is 0 Å². The van der Waals surface area contributed by atoms with Gasteiger partial charge in [0, 0.05) is 6.54 Å². The van der Waals surface area contributed by atoms with Crippen LogP contribution in [0.5, 0.6) is 11.5 Å². The molecule has 0 bridgehead atoms. The highest BCUT2D eigenvalue weighted by Crippen LogP contribution is 2.42. The van der Waals surface area contributed by atoms with Gasteiger partial charge in [0.05, 0.1) is 5.41 Å². The Hall–Kier alpha value is -3.02. The van der Waals surface area contributed by atoms with Crippen molar-refractivity contribution in [3.05, 3.63) is 59.7 Å². The summed E-state index contributed by atoms with van der Waals surface area (Å²) in [5, 5.41) is 2.82. The van der Waals surface area contributed by atoms with Gasteiger partial charge in [-0.1, -0.05) is 49.2 Å². The van der Waals surface area contributed by atoms with E-state index >= 15 is 0 Å². The molecule has 1 amide bonds. The molecule has 2 aliphatic rings. The summed E-state index contributed by atoms with van der Waals surface area (Å²) in [7, 11) is 0. The minimum Gasteiger partial charge on any atom is -0.486 e. The van der Waals surface area contributed by atoms with Crippen LogP contribution in [0.25, 0.3) is 0 Å². The van der Waals surface area contributed by atoms with Crippen LogP contribution in [-0.2, 0) is 26.2 Å². The third-order valence-electron chi connectivity index (χ3n) is 5.85. The Labute approximate surface area is 176 Å². The number of carbonyl (C=O) groups excluding carboxylic acids is 2. The highest BCUT2D eigenvalue weighted by Gasteiger charge is 2.44. The first-order valence-corrected chi connectivity index (χ1v) is 10.6. The molecular formula is C24H27NO5. The van der Waals surface area contributed by atoms with Gasteiger partial charge in [0.1, 0.15) is 13.2 Å². The SMILES string of the molecule is O=C(COC(=O)C1(c2ccccc2)CCCC1)NCCc1ccc2c(c1)OCCO2. The van der Waals surface area contributed by atoms with Crippen molar-refractivity contribution in [2.45, 2.75) is 37.5 Å². The summed E-state index contributed by atoms with van der Waals surface area (Å²) in [6, 6.07) is 15.5. The number of nitrogens with one attached hydrogen (secondary N) is 1. The molecule has 1 aliphatic heterocycles. The van der Waals surface area contributed by atoms with Crippen molar-refractivity contribution in [2.24, 2.45) is 0 Å². The summed E-state index contributed by atoms with van der Waals surface area (Å²) in [6.07, 6.45) is 4.17. The quantitative estimate of drug-likeness (QED) is 0.711. The van der Waals surface area contributed by atoms with Gasteiger partial charge in [-0.3, -0.25) is 9.59 Å². The lowest BCUT2D eigenvalue weighted by Crippen LogP contribution is -2.38. The molecule has 0 unspecified atom stereocenters. The second-order valence-corrected chi connectivity index (χ2v) is 7.81. The van der Waals surface area contributed by atoms with Crippen LogP contribution in [0, 0.1) is 0 Å². The van der Waals surface area contributed by atoms with Crippen LogP contribution in [-0.4, -0.2) is 38.2 Å². The first kappa shape index (κ1) is 20.3. The van der Waals surface area contributed by atoms with Crippen LogP contribution in [0.15, 0.2) is 48.5 Å². The molecule has 0 atom stereocenters. The van der Waals surface area contributed by atoms with Gasteiger partial charge in [-0.25, -0.2) is 0 Å². The van der Waals surface area contributed by atoms with Crippen LogP contribution >= 0.6 is 0 Å². The normalized spacial score (nSPS) is 16.7. The van der Waals surface area contributed by atoms with E-state index in [9.17, 15) is 9.59 Å². The fraction of sp³-hybridized carbons (Fsp3) is 0.417. The van der Waals surface area contributed by atoms with Gasteiger partial charge in [-0.05, 0) is 42.5 Å². The Morgan fingerprint density at radius 1 is 0.967 bits per heavy atom. The molecule has 1 N–H and O–H groups in total. The third-order valence-corrected chi connectivity index (χ3v) is 5.85. The van der Waals surface area contributed by atoms with Gasteiger partial charge < -0.3 is 19.5 Å². The molecular weight excluding hydrogens is 382 g/mol. The summed E-state index contributed by atoms with van der Waals surface area (Å²) in [6.45, 7) is 1.31. The predicted octanol–water partition coefficient (Wildman–Crippen LogP) is 3.17. The fourth-order valence-corrected chi connectivity index (χ4v) is 4.26. The van der Waals surface area contributed by atoms with Gasteiger partial charge in [0.25, 0.3) is 5.91 Å². The van der Waals surface area contributed by atoms with Crippen molar-refractivity contribution in [1.29, 1.82) is 0 Å². The van der Waals surface area contributed by atoms with Crippen molar-refractivity contribution in [3.8, 4) is 11.5 Å². The van der Waals surface area contributed by atoms with E-state index in [0.717, 1.165) is 48.3 Å². The molecule has 2 aromatic carbocycles. The van der Waals surface area contributed by atoms with Gasteiger partial charge >= 0.3 is 5.97 Å². The van der Waals surface area contributed by atoms with Gasteiger partial charge in [-0.15, -0.1) is 0 Å². The van der Waals surface area contributed by atoms with E-state index in [0.29, 0.717) is 26.2 Å². The van der Waals surface area contributed by atoms with Crippen molar-refractivity contribution in [3.63, 3.8) is 0 Å². The van der Waals surface area contributed by atoms with E-state index in [-0.39, 0.29) is 18.5 Å². The molecule has 30 heavy (non-hydrogen) atoms. The average Bonchev–Trinajstić information content (AvgIpc) is 3.29. The molecule has 6 nitrogen and oxygen atoms in total. The van der Waals surface area contributed by atoms with Crippen LogP contribution < -0.4 is 14.8 Å². The Morgan fingerprint density at radius 3 is 2.47 bits per heavy atom. The van der Waals surface area contributed by atoms with Crippen LogP contribution in [0.1, 0.15) is 36.8 Å². The van der Waals surface area contributed by atoms with Gasteiger partial charge in [0.15, 0.2) is 18.1 Å². The monoisotopic (exact) mass is 409 g/mol. The number of benzene rings is 2. The molecule has 1 aliphatic carbocycles. The molecule has 0 saturated heterocycles. The van der Waals surface area contributed by atoms with Crippen molar-refractivity contribution in [2.75, 3.05) is 26.4 Å². The number of fused-ring (bicyclic) bond motifs is 1. The highest BCUT2D eigenvalue weighted by atomic mass is 16.6. The lowest BCUT2D eigenvalue weighted by molar-refractivity contribution is -0.154. The summed E-state index contributed by atoms with van der Waals surface area (Å²) in [5.74, 6) is 0.900. The smallest absolute Gasteiger partial charge is 0.317 e. The minimum atomic E-state index is -0.618. The van der Waals surface area contributed by atoms with Gasteiger partial charge in [-0.2, -0.15) is 0 Å². The molecule has 6 heteroatoms. The molecule has 0 aromatic heterocycles. The predicted molar refractivity (Wildman–Crippen MR) is 112 cm³/mol. The maximum atomic E-state index is 12.9. The minimum absolute atomic E-state index is 0.255. The van der Waals surface area contributed by atoms with E-state index in [1.165, 1.54) is 0 Å².